The highest BCUT2D eigenvalue weighted by atomic mass is 15.2. The molecule has 80 valence electrons. The van der Waals surface area contributed by atoms with Crippen molar-refractivity contribution in [2.24, 2.45) is 15.9 Å². The molecule has 0 unspecified atom stereocenters. The smallest absolute Gasteiger partial charge is 0.119 e. The number of benzene rings is 1. The van der Waals surface area contributed by atoms with Crippen LogP contribution in [-0.2, 0) is 0 Å². The fourth-order valence-electron chi connectivity index (χ4n) is 1.43. The van der Waals surface area contributed by atoms with Crippen molar-refractivity contribution in [3.8, 4) is 0 Å². The number of amidine groups is 1. The molecule has 0 aliphatic carbocycles. The lowest BCUT2D eigenvalue weighted by molar-refractivity contribution is 1.20. The van der Waals surface area contributed by atoms with Crippen LogP contribution in [0.3, 0.4) is 0 Å². The summed E-state index contributed by atoms with van der Waals surface area (Å²) in [4.78, 5) is 0. The lowest BCUT2D eigenvalue weighted by atomic mass is 10.0. The van der Waals surface area contributed by atoms with Gasteiger partial charge < -0.3 is 5.73 Å². The van der Waals surface area contributed by atoms with Gasteiger partial charge in [0.15, 0.2) is 0 Å². The highest BCUT2D eigenvalue weighted by molar-refractivity contribution is 6.00. The summed E-state index contributed by atoms with van der Waals surface area (Å²) in [5.74, 6) is 0.471. The van der Waals surface area contributed by atoms with E-state index >= 15 is 0 Å². The molecule has 1 rings (SSSR count). The van der Waals surface area contributed by atoms with E-state index in [1.54, 1.807) is 6.92 Å². The van der Waals surface area contributed by atoms with Gasteiger partial charge in [0, 0.05) is 5.56 Å². The highest BCUT2D eigenvalue weighted by Crippen LogP contribution is 2.11. The molecule has 0 atom stereocenters. The molecule has 0 saturated heterocycles. The molecule has 0 radical (unpaired) electrons. The van der Waals surface area contributed by atoms with E-state index in [4.69, 9.17) is 5.73 Å². The van der Waals surface area contributed by atoms with Crippen molar-refractivity contribution >= 4 is 11.5 Å². The maximum Gasteiger partial charge on any atom is 0.119 e. The monoisotopic (exact) mass is 203 g/mol. The second kappa shape index (κ2) is 4.73. The van der Waals surface area contributed by atoms with Crippen LogP contribution in [-0.4, -0.2) is 11.5 Å². The molecule has 0 aliphatic rings. The third-order valence-corrected chi connectivity index (χ3v) is 2.13. The predicted molar refractivity (Wildman–Crippen MR) is 65.4 cm³/mol. The van der Waals surface area contributed by atoms with Crippen molar-refractivity contribution in [2.45, 2.75) is 27.7 Å². The Morgan fingerprint density at radius 2 is 1.80 bits per heavy atom. The van der Waals surface area contributed by atoms with Crippen molar-refractivity contribution in [3.05, 3.63) is 34.9 Å². The fraction of sp³-hybridized carbons (Fsp3) is 0.333. The van der Waals surface area contributed by atoms with E-state index in [0.717, 1.165) is 11.3 Å². The second-order valence-electron chi connectivity index (χ2n) is 3.75. The van der Waals surface area contributed by atoms with E-state index in [1.807, 2.05) is 6.92 Å². The zero-order chi connectivity index (χ0) is 11.4. The molecule has 15 heavy (non-hydrogen) atoms. The Hall–Kier alpha value is -1.64. The molecule has 0 amide bonds. The molecular weight excluding hydrogens is 186 g/mol. The maximum absolute atomic E-state index is 5.42. The molecule has 0 fully saturated rings. The molecule has 0 spiro atoms. The summed E-state index contributed by atoms with van der Waals surface area (Å²) in [7, 11) is 0. The van der Waals surface area contributed by atoms with Crippen LogP contribution in [0.25, 0.3) is 0 Å². The number of aryl methyl sites for hydroxylation is 2. The number of rotatable bonds is 2. The van der Waals surface area contributed by atoms with Gasteiger partial charge in [0.2, 0.25) is 0 Å². The molecule has 0 aliphatic heterocycles. The Balaban J connectivity index is 3.06. The minimum Gasteiger partial charge on any atom is -0.386 e. The largest absolute Gasteiger partial charge is 0.386 e. The van der Waals surface area contributed by atoms with Crippen molar-refractivity contribution in [3.63, 3.8) is 0 Å². The van der Waals surface area contributed by atoms with E-state index in [1.165, 1.54) is 11.1 Å². The molecule has 0 bridgehead atoms. The summed E-state index contributed by atoms with van der Waals surface area (Å²) in [6.45, 7) is 7.80. The van der Waals surface area contributed by atoms with Crippen LogP contribution in [0.5, 0.6) is 0 Å². The summed E-state index contributed by atoms with van der Waals surface area (Å²) in [6.07, 6.45) is 0. The highest BCUT2D eigenvalue weighted by Gasteiger charge is 2.01. The number of nitrogens with zero attached hydrogens (tertiary/aromatic N) is 2. The molecule has 3 heteroatoms. The first-order valence-electron chi connectivity index (χ1n) is 4.92. The van der Waals surface area contributed by atoms with E-state index in [2.05, 4.69) is 42.2 Å². The lowest BCUT2D eigenvalue weighted by Crippen LogP contribution is -2.05. The van der Waals surface area contributed by atoms with Gasteiger partial charge in [0.05, 0.1) is 5.71 Å². The van der Waals surface area contributed by atoms with Crippen molar-refractivity contribution in [1.82, 2.24) is 0 Å². The fourth-order valence-corrected chi connectivity index (χ4v) is 1.43. The molecule has 3 nitrogen and oxygen atoms in total. The van der Waals surface area contributed by atoms with Gasteiger partial charge in [-0.15, -0.1) is 5.10 Å². The van der Waals surface area contributed by atoms with Gasteiger partial charge in [-0.3, -0.25) is 0 Å². The molecule has 0 heterocycles. The molecule has 1 aromatic carbocycles. The van der Waals surface area contributed by atoms with Crippen LogP contribution in [0, 0.1) is 13.8 Å². The summed E-state index contributed by atoms with van der Waals surface area (Å²) < 4.78 is 0. The summed E-state index contributed by atoms with van der Waals surface area (Å²) in [5, 5.41) is 7.91. The van der Waals surface area contributed by atoms with E-state index in [-0.39, 0.29) is 0 Å². The molecule has 1 aromatic rings. The minimum absolute atomic E-state index is 0.471. The molecule has 0 aromatic heterocycles. The average molecular weight is 203 g/mol. The van der Waals surface area contributed by atoms with Crippen LogP contribution < -0.4 is 5.73 Å². The summed E-state index contributed by atoms with van der Waals surface area (Å²) >= 11 is 0. The van der Waals surface area contributed by atoms with Gasteiger partial charge in [-0.25, -0.2) is 0 Å². The third-order valence-electron chi connectivity index (χ3n) is 2.13. The van der Waals surface area contributed by atoms with Crippen LogP contribution >= 0.6 is 0 Å². The first-order chi connectivity index (χ1) is 7.00. The number of hydrogen-bond acceptors (Lipinski definition) is 2. The van der Waals surface area contributed by atoms with E-state index in [0.29, 0.717) is 5.84 Å². The summed E-state index contributed by atoms with van der Waals surface area (Å²) in [5.41, 5.74) is 9.89. The van der Waals surface area contributed by atoms with Crippen LogP contribution in [0.2, 0.25) is 0 Å². The first kappa shape index (κ1) is 11.4. The quantitative estimate of drug-likeness (QED) is 0.448. The van der Waals surface area contributed by atoms with Crippen molar-refractivity contribution in [2.75, 3.05) is 0 Å². The zero-order valence-corrected chi connectivity index (χ0v) is 9.70. The zero-order valence-electron chi connectivity index (χ0n) is 9.70. The Bertz CT molecular complexity index is 413. The molecular formula is C12H17N3. The Morgan fingerprint density at radius 1 is 1.13 bits per heavy atom. The Kier molecular flexibility index (Phi) is 3.61. The standard InChI is InChI=1S/C12H17N3/c1-8-5-6-12(9(2)7-8)10(3)14-15-11(4)13/h5-7H,1-4H3,(H2,13,15)/b14-10+. The maximum atomic E-state index is 5.42. The van der Waals surface area contributed by atoms with Gasteiger partial charge in [-0.2, -0.15) is 5.10 Å². The van der Waals surface area contributed by atoms with Gasteiger partial charge in [0.1, 0.15) is 5.84 Å². The number of nitrogens with two attached hydrogens (primary N) is 1. The lowest BCUT2D eigenvalue weighted by Gasteiger charge is -2.04. The van der Waals surface area contributed by atoms with Crippen molar-refractivity contribution < 1.29 is 0 Å². The number of hydrogen-bond donors (Lipinski definition) is 1. The first-order valence-corrected chi connectivity index (χ1v) is 4.92. The topological polar surface area (TPSA) is 50.7 Å². The molecule has 2 N–H and O–H groups in total. The van der Waals surface area contributed by atoms with Gasteiger partial charge in [-0.1, -0.05) is 23.8 Å². The minimum atomic E-state index is 0.471. The van der Waals surface area contributed by atoms with Crippen LogP contribution in [0.15, 0.2) is 28.4 Å². The Labute approximate surface area is 90.7 Å². The normalized spacial score (nSPS) is 13.1. The van der Waals surface area contributed by atoms with Crippen molar-refractivity contribution in [1.29, 1.82) is 0 Å². The van der Waals surface area contributed by atoms with Crippen LogP contribution in [0.1, 0.15) is 30.5 Å². The Morgan fingerprint density at radius 3 is 2.33 bits per heavy atom. The van der Waals surface area contributed by atoms with Gasteiger partial charge in [-0.05, 0) is 33.3 Å². The average Bonchev–Trinajstić information content (AvgIpc) is 2.14. The van der Waals surface area contributed by atoms with Crippen LogP contribution in [0.4, 0.5) is 0 Å². The van der Waals surface area contributed by atoms with E-state index < -0.39 is 0 Å². The summed E-state index contributed by atoms with van der Waals surface area (Å²) in [6, 6.07) is 6.26. The third kappa shape index (κ3) is 3.20. The SMILES string of the molecule is C/C(N)=N\N=C(/C)c1ccc(C)cc1C. The second-order valence-corrected chi connectivity index (χ2v) is 3.75. The van der Waals surface area contributed by atoms with E-state index in [9.17, 15) is 0 Å². The van der Waals surface area contributed by atoms with Gasteiger partial charge in [0.25, 0.3) is 0 Å². The molecule has 0 saturated carbocycles. The predicted octanol–water partition coefficient (Wildman–Crippen LogP) is 2.40. The van der Waals surface area contributed by atoms with Gasteiger partial charge >= 0.3 is 0 Å².